The fourth-order valence-electron chi connectivity index (χ4n) is 11.0. The highest BCUT2D eigenvalue weighted by Gasteiger charge is 2.72. The molecule has 1 aliphatic carbocycles. The molecule has 0 aromatic heterocycles. The third-order valence-corrected chi connectivity index (χ3v) is 15.7. The number of ether oxygens (including phenoxy) is 12. The zero-order valence-electron chi connectivity index (χ0n) is 41.2. The van der Waals surface area contributed by atoms with Crippen LogP contribution < -0.4 is 5.32 Å². The zero-order chi connectivity index (χ0) is 57.1. The molecule has 454 valence electrons. The molecule has 78 heavy (non-hydrogen) atoms. The lowest BCUT2D eigenvalue weighted by Gasteiger charge is -2.50. The lowest BCUT2D eigenvalue weighted by molar-refractivity contribution is -0.395. The molecule has 7 heterocycles. The summed E-state index contributed by atoms with van der Waals surface area (Å²) in [6, 6.07) is -2.41. The fourth-order valence-corrected chi connectivity index (χ4v) is 11.0. The van der Waals surface area contributed by atoms with Crippen molar-refractivity contribution >= 4 is 0 Å². The minimum Gasteiger partial charge on any atom is -0.394 e. The lowest BCUT2D eigenvalue weighted by atomic mass is 9.79. The highest BCUT2D eigenvalue weighted by molar-refractivity contribution is 5.22. The average molecular weight is 1150 g/mol. The SMILES string of the molecule is CC1OC(OC2C(CO)OC(OC3C(CO)OC(OC4C(CO)OC(OC5C(CO)OC(OC6C(CO)OC(O)C(O)C6O)C(O)C5O)C(O)C4O)C(O)C3O)C(O)C2O)C(O)C(O)C1NC1C(O)C(O)C(O)C2(CO)OC12. The molecule has 0 aromatic carbocycles. The molecule has 0 spiro atoms. The van der Waals surface area contributed by atoms with E-state index in [1.54, 1.807) is 0 Å². The Morgan fingerprint density at radius 2 is 0.641 bits per heavy atom. The number of hydrogen-bond donors (Lipinski definition) is 23. The molecule has 8 aliphatic rings. The highest BCUT2D eigenvalue weighted by Crippen LogP contribution is 2.48. The van der Waals surface area contributed by atoms with E-state index in [4.69, 9.17) is 56.8 Å². The van der Waals surface area contributed by atoms with Crippen LogP contribution in [0.4, 0.5) is 0 Å². The molecule has 7 saturated heterocycles. The third-order valence-electron chi connectivity index (χ3n) is 15.7. The van der Waals surface area contributed by atoms with E-state index in [1.807, 2.05) is 0 Å². The normalized spacial score (nSPS) is 55.8. The largest absolute Gasteiger partial charge is 0.394 e. The van der Waals surface area contributed by atoms with Crippen LogP contribution in [-0.4, -0.2) is 372 Å². The second-order valence-electron chi connectivity index (χ2n) is 20.5. The van der Waals surface area contributed by atoms with E-state index in [0.29, 0.717) is 0 Å². The first-order valence-corrected chi connectivity index (χ1v) is 25.1. The van der Waals surface area contributed by atoms with Gasteiger partial charge in [0.2, 0.25) is 0 Å². The van der Waals surface area contributed by atoms with Crippen LogP contribution in [0.2, 0.25) is 0 Å². The number of hydrogen-bond acceptors (Lipinski definition) is 35. The number of rotatable bonds is 18. The molecule has 23 N–H and O–H groups in total. The minimum absolute atomic E-state index is 0.716. The Morgan fingerprint density at radius 1 is 0.346 bits per heavy atom. The first kappa shape index (κ1) is 62.6. The minimum atomic E-state index is -2.20. The second kappa shape index (κ2) is 25.4. The summed E-state index contributed by atoms with van der Waals surface area (Å²) in [4.78, 5) is 0. The van der Waals surface area contributed by atoms with Crippen molar-refractivity contribution in [3.63, 3.8) is 0 Å². The van der Waals surface area contributed by atoms with Crippen LogP contribution in [0.25, 0.3) is 0 Å². The van der Waals surface area contributed by atoms with E-state index in [-0.39, 0.29) is 0 Å². The Balaban J connectivity index is 0.856. The molecule has 36 atom stereocenters. The number of epoxide rings is 1. The molecule has 8 fully saturated rings. The van der Waals surface area contributed by atoms with E-state index in [1.165, 1.54) is 6.92 Å². The molecule has 7 aliphatic heterocycles. The van der Waals surface area contributed by atoms with Crippen molar-refractivity contribution in [1.82, 2.24) is 5.32 Å². The maximum atomic E-state index is 11.3. The van der Waals surface area contributed by atoms with Gasteiger partial charge in [0.25, 0.3) is 0 Å². The number of aliphatic hydroxyl groups is 22. The Kier molecular flexibility index (Phi) is 20.4. The predicted molar refractivity (Wildman–Crippen MR) is 235 cm³/mol. The summed E-state index contributed by atoms with van der Waals surface area (Å²) in [5.41, 5.74) is -1.60. The van der Waals surface area contributed by atoms with Gasteiger partial charge in [-0.15, -0.1) is 0 Å². The summed E-state index contributed by atoms with van der Waals surface area (Å²) in [6.07, 6.45) is -60.8. The van der Waals surface area contributed by atoms with Crippen molar-refractivity contribution in [2.45, 2.75) is 227 Å². The van der Waals surface area contributed by atoms with Gasteiger partial charge in [0.15, 0.2) is 37.7 Å². The van der Waals surface area contributed by atoms with Crippen molar-refractivity contribution in [2.75, 3.05) is 39.6 Å². The first-order chi connectivity index (χ1) is 36.9. The van der Waals surface area contributed by atoms with E-state index in [9.17, 15) is 112 Å². The van der Waals surface area contributed by atoms with Crippen LogP contribution in [0.15, 0.2) is 0 Å². The average Bonchev–Trinajstić information content (AvgIpc) is 4.28. The quantitative estimate of drug-likeness (QED) is 0.0567. The van der Waals surface area contributed by atoms with Crippen molar-refractivity contribution < 1.29 is 169 Å². The van der Waals surface area contributed by atoms with Crippen LogP contribution in [0.1, 0.15) is 6.92 Å². The van der Waals surface area contributed by atoms with Gasteiger partial charge in [0, 0.05) is 0 Å². The standard InChI is InChI=1S/C43H73NO34/c1-8-14(44-15-17(52)23(58)35(65)43(7-50)36(15)78-43)16(51)25(60)38(67-8)73-31-10(3-46)69-40(26(61)19(31)54)75-33-12(5-48)71-42(28(63)21(33)56)77-34-13(6-49)72-41(29(64)22(34)57)76-32-11(4-47)70-39(27(62)20(32)55)74-30-9(2-45)68-37(66)24(59)18(30)53/h8-42,44-66H,2-7H2,1H3. The molecule has 36 unspecified atom stereocenters. The summed E-state index contributed by atoms with van der Waals surface area (Å²) in [5.74, 6) is 0. The van der Waals surface area contributed by atoms with Gasteiger partial charge in [-0.1, -0.05) is 0 Å². The van der Waals surface area contributed by atoms with Crippen LogP contribution >= 0.6 is 0 Å². The Bertz CT molecular complexity index is 1900. The van der Waals surface area contributed by atoms with Gasteiger partial charge in [-0.05, 0) is 6.92 Å². The van der Waals surface area contributed by atoms with Gasteiger partial charge >= 0.3 is 0 Å². The van der Waals surface area contributed by atoms with Crippen molar-refractivity contribution in [2.24, 2.45) is 0 Å². The molecular weight excluding hydrogens is 1070 g/mol. The molecule has 0 amide bonds. The Labute approximate surface area is 440 Å². The molecule has 0 bridgehead atoms. The Hall–Kier alpha value is -1.40. The van der Waals surface area contributed by atoms with Gasteiger partial charge in [0.1, 0.15) is 164 Å². The van der Waals surface area contributed by atoms with Crippen LogP contribution in [0, 0.1) is 0 Å². The van der Waals surface area contributed by atoms with E-state index in [0.717, 1.165) is 0 Å². The summed E-state index contributed by atoms with van der Waals surface area (Å²) in [5, 5.41) is 237. The van der Waals surface area contributed by atoms with E-state index in [2.05, 4.69) is 5.32 Å². The van der Waals surface area contributed by atoms with Crippen molar-refractivity contribution in [3.05, 3.63) is 0 Å². The predicted octanol–water partition coefficient (Wildman–Crippen LogP) is -15.9. The van der Waals surface area contributed by atoms with Crippen molar-refractivity contribution in [1.29, 1.82) is 0 Å². The summed E-state index contributed by atoms with van der Waals surface area (Å²) in [7, 11) is 0. The molecule has 0 aromatic rings. The monoisotopic (exact) mass is 1150 g/mol. The summed E-state index contributed by atoms with van der Waals surface area (Å²) < 4.78 is 67.1. The fraction of sp³-hybridized carbons (Fsp3) is 1.00. The smallest absolute Gasteiger partial charge is 0.187 e. The first-order valence-electron chi connectivity index (χ1n) is 25.1. The second-order valence-corrected chi connectivity index (χ2v) is 20.5. The van der Waals surface area contributed by atoms with E-state index < -0.39 is 260 Å². The number of aliphatic hydroxyl groups excluding tert-OH is 22. The molecule has 8 rings (SSSR count). The van der Waals surface area contributed by atoms with Crippen molar-refractivity contribution in [3.8, 4) is 0 Å². The van der Waals surface area contributed by atoms with Gasteiger partial charge in [-0.3, -0.25) is 0 Å². The molecule has 0 radical (unpaired) electrons. The topological polar surface area (TPSA) is 571 Å². The van der Waals surface area contributed by atoms with Gasteiger partial charge < -0.3 is 175 Å². The molecular formula is C43H73NO34. The summed E-state index contributed by atoms with van der Waals surface area (Å²) in [6.45, 7) is -4.21. The maximum Gasteiger partial charge on any atom is 0.187 e. The Morgan fingerprint density at radius 3 is 0.974 bits per heavy atom. The molecule has 35 nitrogen and oxygen atoms in total. The number of nitrogens with one attached hydrogen (secondary N) is 1. The summed E-state index contributed by atoms with van der Waals surface area (Å²) >= 11 is 0. The zero-order valence-corrected chi connectivity index (χ0v) is 41.2. The highest BCUT2D eigenvalue weighted by atomic mass is 16.8. The third kappa shape index (κ3) is 11.6. The number of fused-ring (bicyclic) bond motifs is 1. The van der Waals surface area contributed by atoms with Gasteiger partial charge in [0.05, 0.1) is 57.8 Å². The maximum absolute atomic E-state index is 11.3. The van der Waals surface area contributed by atoms with Gasteiger partial charge in [-0.2, -0.15) is 0 Å². The van der Waals surface area contributed by atoms with Crippen LogP contribution in [-0.2, 0) is 56.8 Å². The van der Waals surface area contributed by atoms with Crippen LogP contribution in [0.3, 0.4) is 0 Å². The van der Waals surface area contributed by atoms with Gasteiger partial charge in [-0.25, -0.2) is 0 Å². The lowest BCUT2D eigenvalue weighted by Crippen LogP contribution is -2.70. The van der Waals surface area contributed by atoms with Crippen LogP contribution in [0.5, 0.6) is 0 Å². The molecule has 1 saturated carbocycles. The molecule has 35 heteroatoms. The van der Waals surface area contributed by atoms with E-state index >= 15 is 0 Å².